The second-order valence-electron chi connectivity index (χ2n) is 7.09. The average molecular weight is 435 g/mol. The summed E-state index contributed by atoms with van der Waals surface area (Å²) in [6, 6.07) is 9.00. The van der Waals surface area contributed by atoms with Gasteiger partial charge in [-0.05, 0) is 23.1 Å². The molecule has 0 unspecified atom stereocenters. The van der Waals surface area contributed by atoms with E-state index in [9.17, 15) is 26.7 Å². The lowest BCUT2D eigenvalue weighted by atomic mass is 10.0. The molecule has 3 rings (SSSR count). The van der Waals surface area contributed by atoms with E-state index in [2.05, 4.69) is 24.3 Å². The molecular weight excluding hydrogens is 417 g/mol. The standard InChI is InChI=1S/C22H18F5N3O/c1-12(2)14-6-3-13(4-7-14)5-8-17(31)28-16-9-10-30(29-16)11-15-18(23)20(25)22(27)21(26)19(15)24/h3-10,12H,11H2,1-2H3,(H,28,29,31)/b8-5+. The van der Waals surface area contributed by atoms with Crippen LogP contribution in [0.3, 0.4) is 0 Å². The molecule has 1 heterocycles. The largest absolute Gasteiger partial charge is 0.306 e. The van der Waals surface area contributed by atoms with Gasteiger partial charge in [-0.2, -0.15) is 5.10 Å². The van der Waals surface area contributed by atoms with E-state index in [0.717, 1.165) is 10.2 Å². The lowest BCUT2D eigenvalue weighted by molar-refractivity contribution is -0.111. The lowest BCUT2D eigenvalue weighted by Gasteiger charge is -2.08. The highest BCUT2D eigenvalue weighted by molar-refractivity contribution is 6.01. The Morgan fingerprint density at radius 1 is 0.968 bits per heavy atom. The van der Waals surface area contributed by atoms with Gasteiger partial charge in [0.2, 0.25) is 11.7 Å². The molecule has 0 bridgehead atoms. The summed E-state index contributed by atoms with van der Waals surface area (Å²) >= 11 is 0. The predicted octanol–water partition coefficient (Wildman–Crippen LogP) is 5.40. The molecule has 1 aromatic heterocycles. The maximum Gasteiger partial charge on any atom is 0.249 e. The van der Waals surface area contributed by atoms with Crippen LogP contribution in [-0.4, -0.2) is 15.7 Å². The number of rotatable bonds is 6. The maximum absolute atomic E-state index is 13.8. The Morgan fingerprint density at radius 3 is 2.13 bits per heavy atom. The third-order valence-electron chi connectivity index (χ3n) is 4.54. The number of aromatic nitrogens is 2. The molecule has 0 aliphatic rings. The van der Waals surface area contributed by atoms with Gasteiger partial charge in [-0.15, -0.1) is 0 Å². The first-order valence-electron chi connectivity index (χ1n) is 9.30. The van der Waals surface area contributed by atoms with E-state index >= 15 is 0 Å². The Hall–Kier alpha value is -3.49. The number of nitrogens with zero attached hydrogens (tertiary/aromatic N) is 2. The highest BCUT2D eigenvalue weighted by Gasteiger charge is 2.25. The highest BCUT2D eigenvalue weighted by Crippen LogP contribution is 2.24. The fourth-order valence-corrected chi connectivity index (χ4v) is 2.80. The van der Waals surface area contributed by atoms with Crippen LogP contribution in [0.15, 0.2) is 42.6 Å². The minimum absolute atomic E-state index is 0.0497. The quantitative estimate of drug-likeness (QED) is 0.244. The first-order chi connectivity index (χ1) is 14.7. The van der Waals surface area contributed by atoms with Crippen LogP contribution in [0.5, 0.6) is 0 Å². The first kappa shape index (κ1) is 22.2. The minimum atomic E-state index is -2.22. The van der Waals surface area contributed by atoms with Gasteiger partial charge in [-0.1, -0.05) is 38.1 Å². The lowest BCUT2D eigenvalue weighted by Crippen LogP contribution is -2.12. The summed E-state index contributed by atoms with van der Waals surface area (Å²) in [6.07, 6.45) is 4.13. The molecule has 0 saturated heterocycles. The van der Waals surface area contributed by atoms with Crippen LogP contribution < -0.4 is 5.32 Å². The fraction of sp³-hybridized carbons (Fsp3) is 0.182. The Kier molecular flexibility index (Phi) is 6.53. The number of nitrogens with one attached hydrogen (secondary N) is 1. The summed E-state index contributed by atoms with van der Waals surface area (Å²) in [7, 11) is 0. The van der Waals surface area contributed by atoms with E-state index < -0.39 is 47.1 Å². The van der Waals surface area contributed by atoms with Gasteiger partial charge in [-0.25, -0.2) is 22.0 Å². The second-order valence-corrected chi connectivity index (χ2v) is 7.09. The zero-order valence-corrected chi connectivity index (χ0v) is 16.6. The average Bonchev–Trinajstić information content (AvgIpc) is 3.19. The summed E-state index contributed by atoms with van der Waals surface area (Å²) < 4.78 is 68.3. The van der Waals surface area contributed by atoms with E-state index in [1.165, 1.54) is 23.9 Å². The summed E-state index contributed by atoms with van der Waals surface area (Å²) in [6.45, 7) is 3.44. The number of anilines is 1. The maximum atomic E-state index is 13.8. The third kappa shape index (κ3) is 4.99. The first-order valence-corrected chi connectivity index (χ1v) is 9.30. The third-order valence-corrected chi connectivity index (χ3v) is 4.54. The van der Waals surface area contributed by atoms with Crippen LogP contribution in [0, 0.1) is 29.1 Å². The summed E-state index contributed by atoms with van der Waals surface area (Å²) in [5.41, 5.74) is 0.958. The SMILES string of the molecule is CC(C)c1ccc(/C=C/C(=O)Nc2ccn(Cc3c(F)c(F)c(F)c(F)c3F)n2)cc1. The van der Waals surface area contributed by atoms with Gasteiger partial charge < -0.3 is 5.32 Å². The molecular formula is C22H18F5N3O. The number of halogens is 5. The van der Waals surface area contributed by atoms with E-state index in [0.29, 0.717) is 5.92 Å². The van der Waals surface area contributed by atoms with Crippen molar-refractivity contribution >= 4 is 17.8 Å². The molecule has 0 atom stereocenters. The number of amides is 1. The topological polar surface area (TPSA) is 46.9 Å². The Bertz CT molecular complexity index is 1110. The van der Waals surface area contributed by atoms with Crippen LogP contribution in [0.4, 0.5) is 27.8 Å². The highest BCUT2D eigenvalue weighted by atomic mass is 19.2. The van der Waals surface area contributed by atoms with E-state index in [1.54, 1.807) is 6.08 Å². The number of carbonyl (C=O) groups excluding carboxylic acids is 1. The molecule has 0 fully saturated rings. The van der Waals surface area contributed by atoms with Crippen LogP contribution in [0.1, 0.15) is 36.5 Å². The van der Waals surface area contributed by atoms with Crippen LogP contribution in [0.25, 0.3) is 6.08 Å². The molecule has 0 saturated carbocycles. The van der Waals surface area contributed by atoms with Gasteiger partial charge in [-0.3, -0.25) is 9.48 Å². The summed E-state index contributed by atoms with van der Waals surface area (Å²) in [5, 5.41) is 6.33. The van der Waals surface area contributed by atoms with E-state index in [-0.39, 0.29) is 5.82 Å². The number of carbonyl (C=O) groups is 1. The zero-order valence-electron chi connectivity index (χ0n) is 16.6. The van der Waals surface area contributed by atoms with E-state index in [1.807, 2.05) is 24.3 Å². The molecule has 1 amide bonds. The normalized spacial score (nSPS) is 11.5. The molecule has 0 aliphatic carbocycles. The van der Waals surface area contributed by atoms with Crippen molar-refractivity contribution in [2.24, 2.45) is 0 Å². The van der Waals surface area contributed by atoms with Crippen molar-refractivity contribution in [3.05, 3.63) is 88.4 Å². The molecule has 0 spiro atoms. The number of hydrogen-bond acceptors (Lipinski definition) is 2. The van der Waals surface area contributed by atoms with Crippen molar-refractivity contribution in [1.82, 2.24) is 9.78 Å². The zero-order chi connectivity index (χ0) is 22.7. The molecule has 0 aliphatic heterocycles. The van der Waals surface area contributed by atoms with Gasteiger partial charge in [0, 0.05) is 18.3 Å². The molecule has 9 heteroatoms. The van der Waals surface area contributed by atoms with Gasteiger partial charge in [0.15, 0.2) is 29.1 Å². The van der Waals surface area contributed by atoms with Gasteiger partial charge >= 0.3 is 0 Å². The molecule has 162 valence electrons. The molecule has 0 radical (unpaired) electrons. The molecule has 1 N–H and O–H groups in total. The smallest absolute Gasteiger partial charge is 0.249 e. The van der Waals surface area contributed by atoms with Crippen LogP contribution in [-0.2, 0) is 11.3 Å². The number of hydrogen-bond donors (Lipinski definition) is 1. The number of benzene rings is 2. The molecule has 2 aromatic carbocycles. The van der Waals surface area contributed by atoms with Crippen LogP contribution >= 0.6 is 0 Å². The second kappa shape index (κ2) is 9.11. The van der Waals surface area contributed by atoms with Crippen molar-refractivity contribution < 1.29 is 26.7 Å². The van der Waals surface area contributed by atoms with Crippen LogP contribution in [0.2, 0.25) is 0 Å². The minimum Gasteiger partial charge on any atom is -0.306 e. The van der Waals surface area contributed by atoms with Crippen molar-refractivity contribution in [2.75, 3.05) is 5.32 Å². The van der Waals surface area contributed by atoms with Crippen molar-refractivity contribution in [3.8, 4) is 0 Å². The Balaban J connectivity index is 1.67. The molecule has 4 nitrogen and oxygen atoms in total. The van der Waals surface area contributed by atoms with Gasteiger partial charge in [0.25, 0.3) is 0 Å². The molecule has 31 heavy (non-hydrogen) atoms. The Morgan fingerprint density at radius 2 is 1.55 bits per heavy atom. The van der Waals surface area contributed by atoms with E-state index in [4.69, 9.17) is 0 Å². The van der Waals surface area contributed by atoms with Crippen molar-refractivity contribution in [3.63, 3.8) is 0 Å². The van der Waals surface area contributed by atoms with Gasteiger partial charge in [0.1, 0.15) is 0 Å². The molecule has 3 aromatic rings. The fourth-order valence-electron chi connectivity index (χ4n) is 2.80. The van der Waals surface area contributed by atoms with Crippen molar-refractivity contribution in [2.45, 2.75) is 26.3 Å². The monoisotopic (exact) mass is 435 g/mol. The predicted molar refractivity (Wildman–Crippen MR) is 106 cm³/mol. The summed E-state index contributed by atoms with van der Waals surface area (Å²) in [4.78, 5) is 12.1. The summed E-state index contributed by atoms with van der Waals surface area (Å²) in [5.74, 6) is -10.2. The Labute approximate surface area is 175 Å². The van der Waals surface area contributed by atoms with Crippen molar-refractivity contribution in [1.29, 1.82) is 0 Å². The van der Waals surface area contributed by atoms with Gasteiger partial charge in [0.05, 0.1) is 12.1 Å².